The fourth-order valence-electron chi connectivity index (χ4n) is 2.08. The predicted molar refractivity (Wildman–Crippen MR) is 72.6 cm³/mol. The number of nitrogens with zero attached hydrogens (tertiary/aromatic N) is 1. The van der Waals surface area contributed by atoms with E-state index in [1.165, 1.54) is 12.1 Å². The molecular weight excluding hydrogens is 283 g/mol. The molecule has 1 amide bonds. The van der Waals surface area contributed by atoms with Gasteiger partial charge in [0.2, 0.25) is 0 Å². The third kappa shape index (κ3) is 3.01. The van der Waals surface area contributed by atoms with Crippen LogP contribution in [0.25, 0.3) is 0 Å². The molecule has 0 bridgehead atoms. The van der Waals surface area contributed by atoms with Crippen molar-refractivity contribution in [2.45, 2.75) is 38.5 Å². The molecule has 0 spiro atoms. The monoisotopic (exact) mass is 299 g/mol. The molecule has 1 heterocycles. The van der Waals surface area contributed by atoms with Crippen LogP contribution in [-0.2, 0) is 16.5 Å². The number of rotatable bonds is 2. The van der Waals surface area contributed by atoms with Gasteiger partial charge in [-0.25, -0.2) is 0 Å². The van der Waals surface area contributed by atoms with E-state index in [1.807, 2.05) is 13.8 Å². The van der Waals surface area contributed by atoms with E-state index in [4.69, 9.17) is 0 Å². The summed E-state index contributed by atoms with van der Waals surface area (Å²) in [4.78, 5) is 16.3. The van der Waals surface area contributed by atoms with E-state index in [-0.39, 0.29) is 11.9 Å². The van der Waals surface area contributed by atoms with Gasteiger partial charge in [0.15, 0.2) is 5.96 Å². The molecule has 1 saturated heterocycles. The highest BCUT2D eigenvalue weighted by Gasteiger charge is 2.42. The van der Waals surface area contributed by atoms with E-state index in [2.05, 4.69) is 15.6 Å². The lowest BCUT2D eigenvalue weighted by molar-refractivity contribution is -0.137. The first-order valence-corrected chi connectivity index (χ1v) is 6.48. The van der Waals surface area contributed by atoms with Crippen molar-refractivity contribution in [3.8, 4) is 0 Å². The number of carbonyl (C=O) groups is 1. The van der Waals surface area contributed by atoms with Crippen molar-refractivity contribution < 1.29 is 18.0 Å². The van der Waals surface area contributed by atoms with Gasteiger partial charge in [-0.15, -0.1) is 0 Å². The van der Waals surface area contributed by atoms with E-state index in [9.17, 15) is 18.0 Å². The van der Waals surface area contributed by atoms with Crippen molar-refractivity contribution in [1.29, 1.82) is 0 Å². The number of aliphatic imine (C=N–C) groups is 1. The second-order valence-corrected chi connectivity index (χ2v) is 5.35. The fourth-order valence-corrected chi connectivity index (χ4v) is 2.08. The van der Waals surface area contributed by atoms with Gasteiger partial charge in [0.1, 0.15) is 5.54 Å². The summed E-state index contributed by atoms with van der Waals surface area (Å²) in [5.41, 5.74) is -1.43. The van der Waals surface area contributed by atoms with E-state index in [0.29, 0.717) is 11.5 Å². The van der Waals surface area contributed by atoms with E-state index in [0.717, 1.165) is 12.1 Å². The summed E-state index contributed by atoms with van der Waals surface area (Å²) in [5.74, 6) is -0.0148. The number of hydrogen-bond donors (Lipinski definition) is 2. The highest BCUT2D eigenvalue weighted by molar-refractivity contribution is 6.09. The highest BCUT2D eigenvalue weighted by Crippen LogP contribution is 2.31. The maximum Gasteiger partial charge on any atom is 0.416 e. The Morgan fingerprint density at radius 2 is 1.76 bits per heavy atom. The van der Waals surface area contributed by atoms with Crippen LogP contribution in [0.1, 0.15) is 31.9 Å². The summed E-state index contributed by atoms with van der Waals surface area (Å²) in [5, 5.41) is 5.53. The number of halogens is 3. The van der Waals surface area contributed by atoms with Crippen LogP contribution >= 0.6 is 0 Å². The molecule has 1 aromatic rings. The van der Waals surface area contributed by atoms with Gasteiger partial charge in [0, 0.05) is 6.04 Å². The van der Waals surface area contributed by atoms with Gasteiger partial charge >= 0.3 is 6.18 Å². The Morgan fingerprint density at radius 1 is 1.19 bits per heavy atom. The first kappa shape index (κ1) is 15.3. The molecule has 1 aliphatic rings. The van der Waals surface area contributed by atoms with Crippen LogP contribution in [0.2, 0.25) is 0 Å². The zero-order valence-electron chi connectivity index (χ0n) is 11.9. The van der Waals surface area contributed by atoms with Crippen LogP contribution in [-0.4, -0.2) is 17.9 Å². The summed E-state index contributed by atoms with van der Waals surface area (Å²) < 4.78 is 37.7. The Bertz CT molecular complexity index is 578. The summed E-state index contributed by atoms with van der Waals surface area (Å²) in [6, 6.07) is 4.52. The Labute approximate surface area is 120 Å². The summed E-state index contributed by atoms with van der Waals surface area (Å²) >= 11 is 0. The predicted octanol–water partition coefficient (Wildman–Crippen LogP) is 2.40. The van der Waals surface area contributed by atoms with Gasteiger partial charge in [-0.1, -0.05) is 12.1 Å². The molecule has 0 aliphatic carbocycles. The summed E-state index contributed by atoms with van der Waals surface area (Å²) in [7, 11) is 0. The molecule has 2 N–H and O–H groups in total. The number of nitrogens with one attached hydrogen (secondary N) is 2. The summed E-state index contributed by atoms with van der Waals surface area (Å²) in [6.07, 6.45) is -4.39. The zero-order chi connectivity index (χ0) is 15.8. The molecule has 1 fully saturated rings. The molecule has 0 aromatic heterocycles. The SMILES string of the molecule is CC(C)N=C1NC(=O)C(C)(c2ccc(C(F)(F)F)cc2)N1. The number of benzene rings is 1. The molecule has 1 unspecified atom stereocenters. The van der Waals surface area contributed by atoms with Crippen molar-refractivity contribution in [1.82, 2.24) is 10.6 Å². The first-order chi connectivity index (χ1) is 9.63. The second kappa shape index (κ2) is 5.05. The smallest absolute Gasteiger partial charge is 0.338 e. The molecule has 4 nitrogen and oxygen atoms in total. The minimum absolute atomic E-state index is 0.0113. The first-order valence-electron chi connectivity index (χ1n) is 6.48. The standard InChI is InChI=1S/C14H16F3N3O/c1-8(2)18-12-19-11(21)13(3,20-12)9-4-6-10(7-5-9)14(15,16)17/h4-8H,1-3H3,(H2,18,19,20,21). The van der Waals surface area contributed by atoms with Crippen LogP contribution in [0.15, 0.2) is 29.3 Å². The molecule has 21 heavy (non-hydrogen) atoms. The van der Waals surface area contributed by atoms with Gasteiger partial charge in [0.05, 0.1) is 5.56 Å². The topological polar surface area (TPSA) is 53.5 Å². The van der Waals surface area contributed by atoms with Crippen molar-refractivity contribution in [2.75, 3.05) is 0 Å². The third-order valence-electron chi connectivity index (χ3n) is 3.23. The molecule has 0 saturated carbocycles. The Morgan fingerprint density at radius 3 is 2.24 bits per heavy atom. The lowest BCUT2D eigenvalue weighted by Gasteiger charge is -2.22. The molecule has 0 radical (unpaired) electrons. The van der Waals surface area contributed by atoms with E-state index in [1.54, 1.807) is 6.92 Å². The lowest BCUT2D eigenvalue weighted by atomic mass is 9.91. The van der Waals surface area contributed by atoms with Gasteiger partial charge < -0.3 is 5.32 Å². The van der Waals surface area contributed by atoms with Crippen molar-refractivity contribution in [2.24, 2.45) is 4.99 Å². The third-order valence-corrected chi connectivity index (χ3v) is 3.23. The zero-order valence-corrected chi connectivity index (χ0v) is 11.9. The molecule has 2 rings (SSSR count). The average Bonchev–Trinajstić information content (AvgIpc) is 2.64. The van der Waals surface area contributed by atoms with Gasteiger partial charge in [0.25, 0.3) is 5.91 Å². The molecule has 1 aliphatic heterocycles. The molecule has 1 aromatic carbocycles. The molecular formula is C14H16F3N3O. The van der Waals surface area contributed by atoms with E-state index < -0.39 is 17.3 Å². The van der Waals surface area contributed by atoms with Crippen LogP contribution in [0.5, 0.6) is 0 Å². The van der Waals surface area contributed by atoms with Crippen molar-refractivity contribution >= 4 is 11.9 Å². The maximum absolute atomic E-state index is 12.6. The Kier molecular flexibility index (Phi) is 3.69. The second-order valence-electron chi connectivity index (χ2n) is 5.35. The largest absolute Gasteiger partial charge is 0.416 e. The van der Waals surface area contributed by atoms with Gasteiger partial charge in [-0.2, -0.15) is 13.2 Å². The molecule has 7 heteroatoms. The fraction of sp³-hybridized carbons (Fsp3) is 0.429. The van der Waals surface area contributed by atoms with Crippen molar-refractivity contribution in [3.05, 3.63) is 35.4 Å². The van der Waals surface area contributed by atoms with Gasteiger partial charge in [-0.05, 0) is 38.5 Å². The number of alkyl halides is 3. The average molecular weight is 299 g/mol. The quantitative estimate of drug-likeness (QED) is 0.881. The van der Waals surface area contributed by atoms with Crippen LogP contribution < -0.4 is 10.6 Å². The van der Waals surface area contributed by atoms with Crippen LogP contribution in [0, 0.1) is 0 Å². The number of amides is 1. The Balaban J connectivity index is 2.31. The minimum Gasteiger partial charge on any atom is -0.338 e. The highest BCUT2D eigenvalue weighted by atomic mass is 19.4. The van der Waals surface area contributed by atoms with Crippen LogP contribution in [0.3, 0.4) is 0 Å². The minimum atomic E-state index is -4.39. The number of carbonyl (C=O) groups excluding carboxylic acids is 1. The normalized spacial score (nSPS) is 24.3. The Hall–Kier alpha value is -2.05. The van der Waals surface area contributed by atoms with Crippen molar-refractivity contribution in [3.63, 3.8) is 0 Å². The molecule has 114 valence electrons. The summed E-state index contributed by atoms with van der Waals surface area (Å²) in [6.45, 7) is 5.32. The van der Waals surface area contributed by atoms with Gasteiger partial charge in [-0.3, -0.25) is 15.1 Å². The lowest BCUT2D eigenvalue weighted by Crippen LogP contribution is -2.40. The maximum atomic E-state index is 12.6. The van der Waals surface area contributed by atoms with Crippen LogP contribution in [0.4, 0.5) is 13.2 Å². The van der Waals surface area contributed by atoms with E-state index >= 15 is 0 Å². The number of guanidine groups is 1. The number of hydrogen-bond acceptors (Lipinski definition) is 2. The molecule has 1 atom stereocenters.